The number of nitrogens with one attached hydrogen (secondary N) is 4. The summed E-state index contributed by atoms with van der Waals surface area (Å²) in [5, 5.41) is 25.6. The van der Waals surface area contributed by atoms with Gasteiger partial charge >= 0.3 is 11.9 Å². The minimum atomic E-state index is -1.59. The number of carbonyl (C=O) groups excluding carboxylic acids is 5. The number of aromatic nitrogens is 2. The number of rotatable bonds is 18. The van der Waals surface area contributed by atoms with Crippen LogP contribution in [0.25, 0.3) is 0 Å². The molecule has 0 saturated carbocycles. The van der Waals surface area contributed by atoms with E-state index in [9.17, 15) is 33.6 Å². The molecule has 1 aliphatic heterocycles. The van der Waals surface area contributed by atoms with Gasteiger partial charge in [0.25, 0.3) is 0 Å². The number of primary amides is 1. The number of nitrogens with two attached hydrogens (primary N) is 4. The van der Waals surface area contributed by atoms with Gasteiger partial charge in [-0.25, -0.2) is 4.98 Å². The average Bonchev–Trinajstić information content (AvgIpc) is 3.56. The summed E-state index contributed by atoms with van der Waals surface area (Å²) in [6, 6.07) is 0.0693. The fourth-order valence-corrected chi connectivity index (χ4v) is 5.27. The van der Waals surface area contributed by atoms with Gasteiger partial charge in [-0.1, -0.05) is 24.3 Å². The van der Waals surface area contributed by atoms with E-state index in [0.717, 1.165) is 5.56 Å². The van der Waals surface area contributed by atoms with Crippen LogP contribution in [-0.2, 0) is 52.9 Å². The minimum absolute atomic E-state index is 0.00225. The molecule has 3 rings (SSSR count). The number of aromatic amines is 1. The summed E-state index contributed by atoms with van der Waals surface area (Å²) < 4.78 is 0. The summed E-state index contributed by atoms with van der Waals surface area (Å²) in [7, 11) is 0. The summed E-state index contributed by atoms with van der Waals surface area (Å²) in [5.74, 6) is -7.37. The Morgan fingerprint density at radius 2 is 1.58 bits per heavy atom. The second kappa shape index (κ2) is 17.9. The van der Waals surface area contributed by atoms with Crippen LogP contribution in [0.5, 0.6) is 0 Å². The van der Waals surface area contributed by atoms with Gasteiger partial charge in [0.2, 0.25) is 29.5 Å². The zero-order chi connectivity index (χ0) is 37.0. The van der Waals surface area contributed by atoms with Gasteiger partial charge in [0.05, 0.1) is 25.2 Å². The second-order valence-corrected chi connectivity index (χ2v) is 11.6. The molecule has 0 spiro atoms. The van der Waals surface area contributed by atoms with Crippen molar-refractivity contribution in [2.45, 2.75) is 75.3 Å². The molecule has 14 N–H and O–H groups in total. The lowest BCUT2D eigenvalue weighted by molar-refractivity contribution is -0.145. The fourth-order valence-electron chi connectivity index (χ4n) is 5.27. The van der Waals surface area contributed by atoms with Gasteiger partial charge in [-0.05, 0) is 24.0 Å². The highest BCUT2D eigenvalue weighted by Crippen LogP contribution is 2.25. The molecular weight excluding hydrogens is 658 g/mol. The standard InChI is InChI=1S/C30H41N11O9/c31-18(10-23(42)43)26(47)40-21(9-17-12-35-14-37-17)29(50)41-13-16-5-2-1-4-15(16)8-22(41)28(49)38-19(6-3-7-36-30(33)34)27(48)39-20(25(32)46)11-24(44)45/h1-2,4-5,12,14,18-22H,3,6-11,13,31H2,(H2,32,46)(H,35,37)(H,38,49)(H,39,48)(H,40,47)(H,42,43)(H,44,45)(H4,33,34,36)/t18-,19-,20-,21-,22-/m0/s1. The summed E-state index contributed by atoms with van der Waals surface area (Å²) in [6.07, 6.45) is 1.26. The summed E-state index contributed by atoms with van der Waals surface area (Å²) in [6.45, 7) is -0.00982. The molecular formula is C30H41N11O9. The number of carboxylic acid groups (broad SMARTS) is 2. The van der Waals surface area contributed by atoms with Gasteiger partial charge in [-0.2, -0.15) is 0 Å². The molecule has 50 heavy (non-hydrogen) atoms. The van der Waals surface area contributed by atoms with Crippen LogP contribution in [0.3, 0.4) is 0 Å². The van der Waals surface area contributed by atoms with Crippen molar-refractivity contribution in [2.24, 2.45) is 27.9 Å². The SMILES string of the molecule is NC(=O)[C@H](CC(=O)O)NC(=O)[C@H](CCCN=C(N)N)NC(=O)[C@@H]1Cc2ccccc2CN1C(=O)[C@H](Cc1cnc[nH]1)NC(=O)[C@@H](N)CC(=O)O. The molecule has 1 aliphatic rings. The molecule has 1 aromatic heterocycles. The molecule has 20 heteroatoms. The zero-order valence-corrected chi connectivity index (χ0v) is 26.9. The van der Waals surface area contributed by atoms with Crippen molar-refractivity contribution in [3.05, 3.63) is 53.6 Å². The average molecular weight is 700 g/mol. The molecule has 5 amide bonds. The molecule has 20 nitrogen and oxygen atoms in total. The smallest absolute Gasteiger partial charge is 0.305 e. The summed E-state index contributed by atoms with van der Waals surface area (Å²) in [4.78, 5) is 101. The first-order chi connectivity index (χ1) is 23.7. The maximum atomic E-state index is 14.3. The number of H-pyrrole nitrogens is 1. The number of nitrogens with zero attached hydrogens (tertiary/aromatic N) is 3. The van der Waals surface area contributed by atoms with E-state index < -0.39 is 84.5 Å². The lowest BCUT2D eigenvalue weighted by Gasteiger charge is -2.38. The lowest BCUT2D eigenvalue weighted by Crippen LogP contribution is -2.61. The number of aliphatic imine (C=N–C) groups is 1. The molecule has 0 fully saturated rings. The van der Waals surface area contributed by atoms with Gasteiger partial charge in [-0.3, -0.25) is 38.6 Å². The highest BCUT2D eigenvalue weighted by molar-refractivity contribution is 5.97. The maximum absolute atomic E-state index is 14.3. The molecule has 5 atom stereocenters. The van der Waals surface area contributed by atoms with E-state index in [1.54, 1.807) is 24.3 Å². The second-order valence-electron chi connectivity index (χ2n) is 11.6. The molecule has 0 aliphatic carbocycles. The van der Waals surface area contributed by atoms with Crippen LogP contribution in [0.15, 0.2) is 41.8 Å². The summed E-state index contributed by atoms with van der Waals surface area (Å²) in [5.41, 5.74) is 23.7. The first kappa shape index (κ1) is 38.4. The highest BCUT2D eigenvalue weighted by Gasteiger charge is 2.40. The molecule has 0 saturated heterocycles. The molecule has 0 radical (unpaired) electrons. The van der Waals surface area contributed by atoms with E-state index in [-0.39, 0.29) is 44.7 Å². The summed E-state index contributed by atoms with van der Waals surface area (Å²) >= 11 is 0. The van der Waals surface area contributed by atoms with Gasteiger partial charge in [0, 0.05) is 37.8 Å². The van der Waals surface area contributed by atoms with Crippen LogP contribution < -0.4 is 38.9 Å². The number of guanidine groups is 1. The Hall–Kier alpha value is -6.05. The van der Waals surface area contributed by atoms with E-state index in [1.165, 1.54) is 17.4 Å². The van der Waals surface area contributed by atoms with E-state index in [4.69, 9.17) is 33.1 Å². The van der Waals surface area contributed by atoms with E-state index >= 15 is 0 Å². The topological polar surface area (TPSA) is 344 Å². The third-order valence-electron chi connectivity index (χ3n) is 7.78. The Morgan fingerprint density at radius 3 is 2.18 bits per heavy atom. The van der Waals surface area contributed by atoms with Crippen LogP contribution in [0, 0.1) is 0 Å². The Balaban J connectivity index is 1.94. The number of benzene rings is 1. The molecule has 1 aromatic carbocycles. The van der Waals surface area contributed by atoms with E-state index in [2.05, 4.69) is 30.9 Å². The molecule has 2 heterocycles. The first-order valence-corrected chi connectivity index (χ1v) is 15.5. The number of imidazole rings is 1. The minimum Gasteiger partial charge on any atom is -0.481 e. The third-order valence-corrected chi connectivity index (χ3v) is 7.78. The zero-order valence-electron chi connectivity index (χ0n) is 26.9. The van der Waals surface area contributed by atoms with Crippen molar-refractivity contribution >= 4 is 47.4 Å². The number of carbonyl (C=O) groups is 7. The quantitative estimate of drug-likeness (QED) is 0.0405. The lowest BCUT2D eigenvalue weighted by atomic mass is 9.92. The first-order valence-electron chi connectivity index (χ1n) is 15.5. The van der Waals surface area contributed by atoms with E-state index in [0.29, 0.717) is 11.3 Å². The van der Waals surface area contributed by atoms with Crippen LogP contribution in [0.1, 0.15) is 42.5 Å². The fraction of sp³-hybridized carbons (Fsp3) is 0.433. The van der Waals surface area contributed by atoms with Crippen LogP contribution in [0.4, 0.5) is 0 Å². The number of hydrogen-bond donors (Lipinski definition) is 10. The van der Waals surface area contributed by atoms with Crippen LogP contribution in [0.2, 0.25) is 0 Å². The Bertz CT molecular complexity index is 1590. The van der Waals surface area contributed by atoms with Crippen molar-refractivity contribution in [1.29, 1.82) is 0 Å². The van der Waals surface area contributed by atoms with Crippen molar-refractivity contribution in [1.82, 2.24) is 30.8 Å². The predicted molar refractivity (Wildman–Crippen MR) is 174 cm³/mol. The van der Waals surface area contributed by atoms with Crippen molar-refractivity contribution in [2.75, 3.05) is 6.54 Å². The normalized spacial score (nSPS) is 16.0. The number of amides is 5. The van der Waals surface area contributed by atoms with Crippen molar-refractivity contribution < 1.29 is 43.8 Å². The van der Waals surface area contributed by atoms with Gasteiger partial charge in [-0.15, -0.1) is 0 Å². The molecule has 270 valence electrons. The third kappa shape index (κ3) is 11.3. The molecule has 0 bridgehead atoms. The van der Waals surface area contributed by atoms with Crippen LogP contribution in [-0.4, -0.2) is 109 Å². The Morgan fingerprint density at radius 1 is 0.920 bits per heavy atom. The molecule has 0 unspecified atom stereocenters. The molecule has 2 aromatic rings. The van der Waals surface area contributed by atoms with Gasteiger partial charge < -0.3 is 59.0 Å². The van der Waals surface area contributed by atoms with Gasteiger partial charge in [0.1, 0.15) is 24.2 Å². The Labute approximate surface area is 285 Å². The van der Waals surface area contributed by atoms with E-state index in [1.807, 2.05) is 0 Å². The number of fused-ring (bicyclic) bond motifs is 1. The number of carboxylic acids is 2. The van der Waals surface area contributed by atoms with Crippen molar-refractivity contribution in [3.8, 4) is 0 Å². The number of hydrogen-bond acceptors (Lipinski definition) is 10. The maximum Gasteiger partial charge on any atom is 0.305 e. The largest absolute Gasteiger partial charge is 0.481 e. The highest BCUT2D eigenvalue weighted by atomic mass is 16.4. The van der Waals surface area contributed by atoms with Gasteiger partial charge in [0.15, 0.2) is 5.96 Å². The predicted octanol–water partition coefficient (Wildman–Crippen LogP) is -3.82. The monoisotopic (exact) mass is 699 g/mol. The Kier molecular flexibility index (Phi) is 13.8. The van der Waals surface area contributed by atoms with Crippen molar-refractivity contribution in [3.63, 3.8) is 0 Å². The number of aliphatic carboxylic acids is 2. The van der Waals surface area contributed by atoms with Crippen LogP contribution >= 0.6 is 0 Å².